The molecule has 1 aliphatic heterocycles. The zero-order valence-electron chi connectivity index (χ0n) is 9.29. The maximum atomic E-state index is 12.6. The lowest BCUT2D eigenvalue weighted by atomic mass is 9.83. The van der Waals surface area contributed by atoms with Crippen LogP contribution in [-0.2, 0) is 4.79 Å². The standard InChI is InChI=1S/C11H18F2N2O/c12-11(13)6-15(7-11)10(16)9(14)8-4-2-1-3-5-8/h8-9H,1-7,14H2/t9-/m0/s1. The van der Waals surface area contributed by atoms with Crippen molar-refractivity contribution >= 4 is 5.91 Å². The summed E-state index contributed by atoms with van der Waals surface area (Å²) in [6, 6.07) is -0.573. The summed E-state index contributed by atoms with van der Waals surface area (Å²) in [5, 5.41) is 0. The predicted molar refractivity (Wildman–Crippen MR) is 56.1 cm³/mol. The fourth-order valence-electron chi connectivity index (χ4n) is 2.57. The summed E-state index contributed by atoms with van der Waals surface area (Å²) >= 11 is 0. The molecule has 1 heterocycles. The number of hydrogen-bond donors (Lipinski definition) is 1. The van der Waals surface area contributed by atoms with E-state index in [0.717, 1.165) is 25.7 Å². The van der Waals surface area contributed by atoms with Crippen molar-refractivity contribution in [2.75, 3.05) is 13.1 Å². The van der Waals surface area contributed by atoms with Crippen molar-refractivity contribution in [1.82, 2.24) is 4.90 Å². The Morgan fingerprint density at radius 2 is 1.81 bits per heavy atom. The van der Waals surface area contributed by atoms with E-state index in [1.807, 2.05) is 0 Å². The van der Waals surface area contributed by atoms with E-state index in [-0.39, 0.29) is 11.8 Å². The molecule has 5 heteroatoms. The first-order valence-electron chi connectivity index (χ1n) is 5.92. The number of hydrogen-bond acceptors (Lipinski definition) is 2. The van der Waals surface area contributed by atoms with Gasteiger partial charge in [-0.25, -0.2) is 8.78 Å². The van der Waals surface area contributed by atoms with E-state index in [4.69, 9.17) is 5.73 Å². The molecule has 1 aliphatic carbocycles. The van der Waals surface area contributed by atoms with E-state index in [1.54, 1.807) is 0 Å². The minimum Gasteiger partial charge on any atom is -0.329 e. The third-order valence-corrected chi connectivity index (χ3v) is 3.60. The van der Waals surface area contributed by atoms with Gasteiger partial charge in [-0.15, -0.1) is 0 Å². The summed E-state index contributed by atoms with van der Waals surface area (Å²) in [6.07, 6.45) is 5.30. The third-order valence-electron chi connectivity index (χ3n) is 3.60. The molecule has 0 aromatic heterocycles. The monoisotopic (exact) mass is 232 g/mol. The van der Waals surface area contributed by atoms with Crippen molar-refractivity contribution in [1.29, 1.82) is 0 Å². The summed E-state index contributed by atoms with van der Waals surface area (Å²) in [5.74, 6) is -2.80. The normalized spacial score (nSPS) is 27.3. The van der Waals surface area contributed by atoms with Crippen LogP contribution in [0.15, 0.2) is 0 Å². The lowest BCUT2D eigenvalue weighted by Crippen LogP contribution is -2.62. The van der Waals surface area contributed by atoms with E-state index in [0.29, 0.717) is 0 Å². The minimum atomic E-state index is -2.69. The van der Waals surface area contributed by atoms with E-state index >= 15 is 0 Å². The lowest BCUT2D eigenvalue weighted by Gasteiger charge is -2.41. The molecule has 1 amide bonds. The Kier molecular flexibility index (Phi) is 3.15. The molecule has 92 valence electrons. The van der Waals surface area contributed by atoms with E-state index in [9.17, 15) is 13.6 Å². The molecule has 3 nitrogen and oxygen atoms in total. The van der Waals surface area contributed by atoms with Crippen LogP contribution < -0.4 is 5.73 Å². The van der Waals surface area contributed by atoms with Gasteiger partial charge in [-0.1, -0.05) is 19.3 Å². The van der Waals surface area contributed by atoms with Crippen molar-refractivity contribution in [2.45, 2.75) is 44.1 Å². The van der Waals surface area contributed by atoms with Crippen LogP contribution in [0.3, 0.4) is 0 Å². The molecule has 1 saturated carbocycles. The van der Waals surface area contributed by atoms with Crippen molar-refractivity contribution in [3.8, 4) is 0 Å². The second-order valence-electron chi connectivity index (χ2n) is 4.97. The third kappa shape index (κ3) is 2.34. The van der Waals surface area contributed by atoms with Crippen LogP contribution in [0.1, 0.15) is 32.1 Å². The first kappa shape index (κ1) is 11.8. The quantitative estimate of drug-likeness (QED) is 0.781. The Hall–Kier alpha value is -0.710. The minimum absolute atomic E-state index is 0.190. The molecule has 2 aliphatic rings. The fraction of sp³-hybridized carbons (Fsp3) is 0.909. The average molecular weight is 232 g/mol. The molecule has 0 spiro atoms. The highest BCUT2D eigenvalue weighted by Gasteiger charge is 2.47. The number of likely N-dealkylation sites (tertiary alicyclic amines) is 1. The highest BCUT2D eigenvalue weighted by Crippen LogP contribution is 2.30. The molecule has 0 aromatic carbocycles. The zero-order valence-corrected chi connectivity index (χ0v) is 9.29. The topological polar surface area (TPSA) is 46.3 Å². The molecule has 1 saturated heterocycles. The van der Waals surface area contributed by atoms with Crippen LogP contribution in [0.2, 0.25) is 0 Å². The number of carbonyl (C=O) groups excluding carboxylic acids is 1. The van der Waals surface area contributed by atoms with Crippen molar-refractivity contribution in [3.63, 3.8) is 0 Å². The number of rotatable bonds is 2. The maximum Gasteiger partial charge on any atom is 0.282 e. The predicted octanol–water partition coefficient (Wildman–Crippen LogP) is 1.37. The summed E-state index contributed by atoms with van der Waals surface area (Å²) in [5.41, 5.74) is 5.85. The number of alkyl halides is 2. The molecule has 1 atom stereocenters. The summed E-state index contributed by atoms with van der Waals surface area (Å²) in [7, 11) is 0. The van der Waals surface area contributed by atoms with Gasteiger partial charge in [0.1, 0.15) is 0 Å². The van der Waals surface area contributed by atoms with Gasteiger partial charge in [-0.3, -0.25) is 4.79 Å². The molecule has 2 N–H and O–H groups in total. The largest absolute Gasteiger partial charge is 0.329 e. The molecule has 0 radical (unpaired) electrons. The Balaban J connectivity index is 1.85. The number of halogens is 2. The Labute approximate surface area is 94.0 Å². The van der Waals surface area contributed by atoms with E-state index < -0.39 is 25.1 Å². The van der Waals surface area contributed by atoms with E-state index in [2.05, 4.69) is 0 Å². The first-order chi connectivity index (χ1) is 7.49. The van der Waals surface area contributed by atoms with Gasteiger partial charge < -0.3 is 10.6 Å². The smallest absolute Gasteiger partial charge is 0.282 e. The number of nitrogens with zero attached hydrogens (tertiary/aromatic N) is 1. The molecule has 0 aromatic rings. The summed E-state index contributed by atoms with van der Waals surface area (Å²) < 4.78 is 25.2. The van der Waals surface area contributed by atoms with Gasteiger partial charge in [0.05, 0.1) is 19.1 Å². The molecule has 2 fully saturated rings. The van der Waals surface area contributed by atoms with Crippen LogP contribution in [-0.4, -0.2) is 35.9 Å². The van der Waals surface area contributed by atoms with Gasteiger partial charge in [0, 0.05) is 0 Å². The van der Waals surface area contributed by atoms with E-state index in [1.165, 1.54) is 11.3 Å². The van der Waals surface area contributed by atoms with Crippen LogP contribution in [0.25, 0.3) is 0 Å². The average Bonchev–Trinajstić information content (AvgIpc) is 2.25. The number of nitrogens with two attached hydrogens (primary N) is 1. The second kappa shape index (κ2) is 4.28. The fourth-order valence-corrected chi connectivity index (χ4v) is 2.57. The molecule has 16 heavy (non-hydrogen) atoms. The second-order valence-corrected chi connectivity index (χ2v) is 4.97. The molecule has 0 bridgehead atoms. The molecular formula is C11H18F2N2O. The van der Waals surface area contributed by atoms with Crippen molar-refractivity contribution in [3.05, 3.63) is 0 Å². The Morgan fingerprint density at radius 3 is 2.31 bits per heavy atom. The van der Waals surface area contributed by atoms with Gasteiger partial charge in [0.2, 0.25) is 5.91 Å². The van der Waals surface area contributed by atoms with Gasteiger partial charge in [-0.05, 0) is 18.8 Å². The van der Waals surface area contributed by atoms with Gasteiger partial charge in [0.25, 0.3) is 5.92 Å². The van der Waals surface area contributed by atoms with Gasteiger partial charge >= 0.3 is 0 Å². The highest BCUT2D eigenvalue weighted by molar-refractivity contribution is 5.83. The first-order valence-corrected chi connectivity index (χ1v) is 5.92. The van der Waals surface area contributed by atoms with Gasteiger partial charge in [-0.2, -0.15) is 0 Å². The SMILES string of the molecule is N[C@H](C(=O)N1CC(F)(F)C1)C1CCCCC1. The van der Waals surface area contributed by atoms with Gasteiger partial charge in [0.15, 0.2) is 0 Å². The summed E-state index contributed by atoms with van der Waals surface area (Å²) in [4.78, 5) is 13.0. The Bertz CT molecular complexity index is 269. The lowest BCUT2D eigenvalue weighted by molar-refractivity contribution is -0.168. The van der Waals surface area contributed by atoms with Crippen LogP contribution in [0.4, 0.5) is 8.78 Å². The Morgan fingerprint density at radius 1 is 1.25 bits per heavy atom. The molecule has 2 rings (SSSR count). The summed E-state index contributed by atoms with van der Waals surface area (Å²) in [6.45, 7) is -0.904. The molecule has 0 unspecified atom stereocenters. The van der Waals surface area contributed by atoms with Crippen molar-refractivity contribution < 1.29 is 13.6 Å². The number of carbonyl (C=O) groups is 1. The number of amides is 1. The maximum absolute atomic E-state index is 12.6. The molecular weight excluding hydrogens is 214 g/mol. The van der Waals surface area contributed by atoms with Crippen LogP contribution in [0, 0.1) is 5.92 Å². The van der Waals surface area contributed by atoms with Crippen LogP contribution >= 0.6 is 0 Å². The van der Waals surface area contributed by atoms with Crippen molar-refractivity contribution in [2.24, 2.45) is 11.7 Å². The highest BCUT2D eigenvalue weighted by atomic mass is 19.3. The van der Waals surface area contributed by atoms with Crippen LogP contribution in [0.5, 0.6) is 0 Å². The zero-order chi connectivity index (χ0) is 11.8.